The Hall–Kier alpha value is -7.09. The summed E-state index contributed by atoms with van der Waals surface area (Å²) in [5, 5.41) is 11.9. The van der Waals surface area contributed by atoms with E-state index in [9.17, 15) is 110 Å². The van der Waals surface area contributed by atoms with Crippen molar-refractivity contribution in [1.29, 1.82) is 0 Å². The molecule has 1 N–H and O–H groups in total. The van der Waals surface area contributed by atoms with Crippen LogP contribution in [-0.4, -0.2) is 11.3 Å². The van der Waals surface area contributed by atoms with E-state index in [1.165, 1.54) is 5.56 Å². The van der Waals surface area contributed by atoms with Gasteiger partial charge in [0.2, 0.25) is 6.20 Å². The molecule has 0 unspecified atom stereocenters. The van der Waals surface area contributed by atoms with Gasteiger partial charge in [-0.2, -0.15) is 132 Å². The van der Waals surface area contributed by atoms with Gasteiger partial charge in [0, 0.05) is 16.3 Å². The number of aromatic hydroxyl groups is 1. The van der Waals surface area contributed by atoms with Crippen molar-refractivity contribution < 1.29 is 115 Å². The quantitative estimate of drug-likeness (QED) is 0.100. The van der Waals surface area contributed by atoms with Crippen LogP contribution in [0.1, 0.15) is 50.1 Å². The second-order valence-corrected chi connectivity index (χ2v) is 16.6. The van der Waals surface area contributed by atoms with E-state index in [4.69, 9.17) is 0 Å². The van der Waals surface area contributed by atoms with Gasteiger partial charge in [-0.3, -0.25) is 0 Å². The van der Waals surface area contributed by atoms with Gasteiger partial charge in [-0.1, -0.05) is 97.1 Å². The number of hydrogen-bond acceptors (Lipinski definition) is 1. The Labute approximate surface area is 405 Å². The zero-order valence-electron chi connectivity index (χ0n) is 36.5. The third-order valence-corrected chi connectivity index (χ3v) is 11.5. The van der Waals surface area contributed by atoms with E-state index in [1.54, 1.807) is 6.20 Å². The van der Waals surface area contributed by atoms with Crippen LogP contribution in [0, 0.1) is 0 Å². The normalized spacial score (nSPS) is 13.4. The highest BCUT2D eigenvalue weighted by atomic mass is 19.4. The van der Waals surface area contributed by atoms with Gasteiger partial charge in [0.1, 0.15) is 6.15 Å². The average Bonchev–Trinajstić information content (AvgIpc) is 3.27. The topological polar surface area (TPSA) is 24.1 Å². The highest BCUT2D eigenvalue weighted by Crippen LogP contribution is 2.41. The minimum absolute atomic E-state index is 0.323. The van der Waals surface area contributed by atoms with Crippen LogP contribution in [0.25, 0.3) is 10.8 Å². The van der Waals surface area contributed by atoms with Crippen LogP contribution in [0.5, 0.6) is 5.75 Å². The van der Waals surface area contributed by atoms with Gasteiger partial charge < -0.3 is 5.11 Å². The molecule has 1 aromatic heterocycles. The summed E-state index contributed by atoms with van der Waals surface area (Å²) >= 11 is 0. The van der Waals surface area contributed by atoms with Gasteiger partial charge in [0.05, 0.1) is 44.5 Å². The van der Waals surface area contributed by atoms with Gasteiger partial charge in [-0.05, 0) is 30.3 Å². The maximum Gasteiger partial charge on any atom is 0.416 e. The molecular formula is C48H26BF24NO. The van der Waals surface area contributed by atoms with Crippen LogP contribution in [0.2, 0.25) is 0 Å². The Kier molecular flexibility index (Phi) is 14.9. The van der Waals surface area contributed by atoms with Crippen LogP contribution in [-0.2, 0) is 56.0 Å². The van der Waals surface area contributed by atoms with Crippen molar-refractivity contribution in [3.8, 4) is 5.75 Å². The molecule has 75 heavy (non-hydrogen) atoms. The van der Waals surface area contributed by atoms with E-state index in [2.05, 4.69) is 18.3 Å². The Morgan fingerprint density at radius 1 is 0.320 bits per heavy atom. The SMILES string of the molecule is FC(F)(F)c1cc([B-](c2cc(C(F)(F)F)cc(C(F)(F)F)c2)(c2cc(C(F)(F)F)cc(C(F)(F)F)c2)c2cc(C(F)(F)F)cc(C(F)(F)F)c2)cc(C(F)(F)F)c1.Oc1c[n+](Cc2ccccc2)cc2ccccc12. The fourth-order valence-electron chi connectivity index (χ4n) is 8.24. The maximum absolute atomic E-state index is 14.2. The van der Waals surface area contributed by atoms with Crippen LogP contribution in [0.15, 0.2) is 140 Å². The molecule has 2 nitrogen and oxygen atoms in total. The van der Waals surface area contributed by atoms with Crippen molar-refractivity contribution >= 4 is 38.8 Å². The second kappa shape index (κ2) is 19.6. The van der Waals surface area contributed by atoms with Crippen LogP contribution in [0.3, 0.4) is 0 Å². The zero-order chi connectivity index (χ0) is 56.3. The predicted octanol–water partition coefficient (Wildman–Crippen LogP) is 14.1. The van der Waals surface area contributed by atoms with Crippen molar-refractivity contribution in [2.45, 2.75) is 56.0 Å². The first-order valence-electron chi connectivity index (χ1n) is 20.6. The van der Waals surface area contributed by atoms with Crippen molar-refractivity contribution in [2.24, 2.45) is 0 Å². The van der Waals surface area contributed by atoms with E-state index < -0.39 is 195 Å². The Morgan fingerprint density at radius 3 is 0.840 bits per heavy atom. The first-order valence-corrected chi connectivity index (χ1v) is 20.6. The number of aromatic nitrogens is 1. The highest BCUT2D eigenvalue weighted by Gasteiger charge is 2.47. The smallest absolute Gasteiger partial charge is 0.416 e. The lowest BCUT2D eigenvalue weighted by atomic mass is 9.12. The van der Waals surface area contributed by atoms with Gasteiger partial charge >= 0.3 is 49.4 Å². The molecule has 0 amide bonds. The summed E-state index contributed by atoms with van der Waals surface area (Å²) in [6, 6.07) is 9.26. The number of alkyl halides is 24. The summed E-state index contributed by atoms with van der Waals surface area (Å²) < 4.78 is 343. The molecule has 1 heterocycles. The minimum Gasteiger partial charge on any atom is -0.502 e. The van der Waals surface area contributed by atoms with E-state index >= 15 is 0 Å². The van der Waals surface area contributed by atoms with Crippen LogP contribution < -0.4 is 26.4 Å². The molecule has 0 spiro atoms. The second-order valence-electron chi connectivity index (χ2n) is 16.6. The summed E-state index contributed by atoms with van der Waals surface area (Å²) in [4.78, 5) is 0. The largest absolute Gasteiger partial charge is 0.502 e. The fraction of sp³-hybridized carbons (Fsp3) is 0.188. The first kappa shape index (κ1) is 57.2. The first-order chi connectivity index (χ1) is 34.1. The fourth-order valence-corrected chi connectivity index (χ4v) is 8.24. The standard InChI is InChI=1S/C32H12BF24.C16H13NO/c34-25(35,36)13-1-14(26(37,38)39)6-21(5-13)33(22-7-15(27(40,41)42)2-16(8-22)28(43,44)45,23-9-17(29(46,47)48)3-18(10-23)30(49,50)51)24-11-19(31(52,53)54)4-20(12-24)32(55,56)57;18-16-12-17(10-13-6-2-1-3-7-13)11-14-8-4-5-9-15(14)16/h1-12H;1-9,11-12H,10H2/q-1;/p+1. The van der Waals surface area contributed by atoms with E-state index in [1.807, 2.05) is 47.0 Å². The molecular weight excluding hydrogens is 1070 g/mol. The van der Waals surface area contributed by atoms with E-state index in [-0.39, 0.29) is 0 Å². The maximum atomic E-state index is 14.2. The van der Waals surface area contributed by atoms with Crippen molar-refractivity contribution in [2.75, 3.05) is 0 Å². The number of benzene rings is 6. The summed E-state index contributed by atoms with van der Waals surface area (Å²) in [6.07, 6.45) is -51.0. The molecule has 7 aromatic rings. The number of halogens is 24. The van der Waals surface area contributed by atoms with Crippen molar-refractivity contribution in [3.63, 3.8) is 0 Å². The summed E-state index contributed by atoms with van der Waals surface area (Å²) in [6.45, 7) is 0.763. The van der Waals surface area contributed by atoms with Gasteiger partial charge in [-0.25, -0.2) is 0 Å². The molecule has 0 atom stereocenters. The lowest BCUT2D eigenvalue weighted by molar-refractivity contribution is -0.687. The summed E-state index contributed by atoms with van der Waals surface area (Å²) in [7, 11) is 0. The Morgan fingerprint density at radius 2 is 0.573 bits per heavy atom. The van der Waals surface area contributed by atoms with Gasteiger partial charge in [0.25, 0.3) is 0 Å². The lowest BCUT2D eigenvalue weighted by Gasteiger charge is -2.46. The molecule has 6 aromatic carbocycles. The monoisotopic (exact) mass is 1100 g/mol. The third-order valence-electron chi connectivity index (χ3n) is 11.5. The molecule has 0 aliphatic rings. The molecule has 0 fully saturated rings. The Balaban J connectivity index is 0.000000421. The van der Waals surface area contributed by atoms with Crippen LogP contribution in [0.4, 0.5) is 105 Å². The number of nitrogens with zero attached hydrogens (tertiary/aromatic N) is 1. The third kappa shape index (κ3) is 12.9. The number of hydrogen-bond donors (Lipinski definition) is 1. The van der Waals surface area contributed by atoms with Crippen LogP contribution >= 0.6 is 0 Å². The van der Waals surface area contributed by atoms with Gasteiger partial charge in [-0.15, -0.1) is 0 Å². The van der Waals surface area contributed by atoms with Crippen molar-refractivity contribution in [3.05, 3.63) is 190 Å². The summed E-state index contributed by atoms with van der Waals surface area (Å²) in [5.41, 5.74) is -29.0. The zero-order valence-corrected chi connectivity index (χ0v) is 36.5. The Bertz CT molecular complexity index is 2760. The molecule has 0 radical (unpaired) electrons. The summed E-state index contributed by atoms with van der Waals surface area (Å²) in [5.74, 6) is 0.323. The lowest BCUT2D eigenvalue weighted by Crippen LogP contribution is -2.75. The molecule has 7 rings (SSSR count). The number of fused-ring (bicyclic) bond motifs is 1. The molecule has 0 saturated heterocycles. The predicted molar refractivity (Wildman–Crippen MR) is 221 cm³/mol. The minimum atomic E-state index is -6.13. The molecule has 0 aliphatic carbocycles. The highest BCUT2D eigenvalue weighted by molar-refractivity contribution is 7.20. The van der Waals surface area contributed by atoms with E-state index in [0.717, 1.165) is 17.3 Å². The molecule has 27 heteroatoms. The average molecular weight is 1100 g/mol. The molecule has 400 valence electrons. The number of rotatable bonds is 6. The molecule has 0 saturated carbocycles. The number of pyridine rings is 1. The van der Waals surface area contributed by atoms with E-state index in [0.29, 0.717) is 5.75 Å². The molecule has 0 bridgehead atoms. The van der Waals surface area contributed by atoms with Crippen molar-refractivity contribution in [1.82, 2.24) is 0 Å². The molecule has 0 aliphatic heterocycles. The van der Waals surface area contributed by atoms with Gasteiger partial charge in [0.15, 0.2) is 18.5 Å².